The van der Waals surface area contributed by atoms with Crippen LogP contribution in [0.25, 0.3) is 11.1 Å². The van der Waals surface area contributed by atoms with Gasteiger partial charge in [0.15, 0.2) is 0 Å². The fourth-order valence-corrected chi connectivity index (χ4v) is 6.13. The highest BCUT2D eigenvalue weighted by atomic mass is 19.1. The number of aromatic nitrogens is 1. The van der Waals surface area contributed by atoms with Crippen LogP contribution in [-0.4, -0.2) is 33.5 Å². The summed E-state index contributed by atoms with van der Waals surface area (Å²) in [6.07, 6.45) is 4.89. The van der Waals surface area contributed by atoms with Gasteiger partial charge in [0.1, 0.15) is 28.8 Å². The molecule has 234 valence electrons. The van der Waals surface area contributed by atoms with Gasteiger partial charge in [0.25, 0.3) is 5.56 Å². The van der Waals surface area contributed by atoms with Crippen molar-refractivity contribution in [3.05, 3.63) is 75.5 Å². The summed E-state index contributed by atoms with van der Waals surface area (Å²) in [5.41, 5.74) is 1.16. The number of pyridine rings is 1. The summed E-state index contributed by atoms with van der Waals surface area (Å²) < 4.78 is 28.4. The summed E-state index contributed by atoms with van der Waals surface area (Å²) in [6.45, 7) is 8.78. The summed E-state index contributed by atoms with van der Waals surface area (Å²) >= 11 is 0. The molecule has 0 radical (unpaired) electrons. The first kappa shape index (κ1) is 31.4. The highest BCUT2D eigenvalue weighted by Gasteiger charge is 2.46. The Morgan fingerprint density at radius 1 is 1.00 bits per heavy atom. The topological polar surface area (TPSA) is 107 Å². The number of aliphatic hydroxyl groups is 1. The van der Waals surface area contributed by atoms with E-state index in [0.717, 1.165) is 0 Å². The van der Waals surface area contributed by atoms with Crippen molar-refractivity contribution in [3.63, 3.8) is 0 Å². The molecule has 8 nitrogen and oxygen atoms in total. The van der Waals surface area contributed by atoms with Crippen LogP contribution in [0.4, 0.5) is 4.39 Å². The van der Waals surface area contributed by atoms with E-state index in [1.54, 1.807) is 53.1 Å². The number of benzene rings is 2. The van der Waals surface area contributed by atoms with Crippen molar-refractivity contribution in [3.8, 4) is 28.4 Å². The van der Waals surface area contributed by atoms with Crippen LogP contribution in [0.5, 0.6) is 17.2 Å². The Balaban J connectivity index is 1.43. The van der Waals surface area contributed by atoms with E-state index >= 15 is 0 Å². The highest BCUT2D eigenvalue weighted by Crippen LogP contribution is 2.42. The molecule has 0 spiro atoms. The van der Waals surface area contributed by atoms with E-state index in [0.29, 0.717) is 83.6 Å². The lowest BCUT2D eigenvalue weighted by molar-refractivity contribution is -0.146. The molecule has 0 aliphatic heterocycles. The first-order valence-electron chi connectivity index (χ1n) is 15.1. The van der Waals surface area contributed by atoms with Crippen molar-refractivity contribution < 1.29 is 28.6 Å². The fourth-order valence-electron chi connectivity index (χ4n) is 6.13. The van der Waals surface area contributed by atoms with Crippen LogP contribution in [0.3, 0.4) is 0 Å². The number of ketones is 1. The van der Waals surface area contributed by atoms with E-state index in [4.69, 9.17) is 9.47 Å². The number of carbonyl (C=O) groups excluding carboxylic acids is 2. The molecule has 2 aliphatic rings. The number of Topliss-reactive ketones (excluding diaryl/α,β-unsaturated/α-hetero) is 1. The van der Waals surface area contributed by atoms with Gasteiger partial charge in [-0.05, 0) is 101 Å². The third-order valence-electron chi connectivity index (χ3n) is 8.83. The van der Waals surface area contributed by atoms with Crippen molar-refractivity contribution in [2.24, 2.45) is 12.5 Å². The molecule has 0 saturated heterocycles. The third-order valence-corrected chi connectivity index (χ3v) is 8.83. The number of amides is 1. The van der Waals surface area contributed by atoms with Crippen LogP contribution in [-0.2, 0) is 22.2 Å². The predicted molar refractivity (Wildman–Crippen MR) is 165 cm³/mol. The summed E-state index contributed by atoms with van der Waals surface area (Å²) in [5, 5.41) is 14.0. The largest absolute Gasteiger partial charge is 0.490 e. The Labute approximate surface area is 257 Å². The molecule has 0 bridgehead atoms. The smallest absolute Gasteiger partial charge is 0.254 e. The number of nitrogens with one attached hydrogen (secondary N) is 1. The Morgan fingerprint density at radius 3 is 2.23 bits per heavy atom. The monoisotopic (exact) mass is 604 g/mol. The second kappa shape index (κ2) is 11.8. The van der Waals surface area contributed by atoms with Crippen molar-refractivity contribution >= 4 is 11.7 Å². The molecule has 1 amide bonds. The molecular formula is C35H41FN2O6. The molecule has 0 unspecified atom stereocenters. The lowest BCUT2D eigenvalue weighted by atomic mass is 9.68. The van der Waals surface area contributed by atoms with Gasteiger partial charge in [0.2, 0.25) is 5.91 Å². The molecule has 9 heteroatoms. The van der Waals surface area contributed by atoms with Crippen LogP contribution in [0, 0.1) is 25.1 Å². The molecule has 0 atom stereocenters. The lowest BCUT2D eigenvalue weighted by Gasteiger charge is -2.38. The maximum atomic E-state index is 14.0. The molecule has 2 aliphatic carbocycles. The van der Waals surface area contributed by atoms with Gasteiger partial charge in [-0.25, -0.2) is 4.39 Å². The first-order valence-corrected chi connectivity index (χ1v) is 15.1. The van der Waals surface area contributed by atoms with Gasteiger partial charge in [0, 0.05) is 49.3 Å². The number of aryl methyl sites for hydroxylation is 3. The Morgan fingerprint density at radius 2 is 1.64 bits per heavy atom. The Hall–Kier alpha value is -3.98. The Bertz CT molecular complexity index is 1630. The van der Waals surface area contributed by atoms with Crippen molar-refractivity contribution in [1.29, 1.82) is 0 Å². The number of hydrogen-bond acceptors (Lipinski definition) is 6. The van der Waals surface area contributed by atoms with E-state index in [1.165, 1.54) is 22.8 Å². The zero-order valence-electron chi connectivity index (χ0n) is 26.3. The minimum atomic E-state index is -1.15. The second-order valence-corrected chi connectivity index (χ2v) is 13.3. The van der Waals surface area contributed by atoms with Gasteiger partial charge in [-0.1, -0.05) is 6.07 Å². The minimum absolute atomic E-state index is 0.00338. The standard InChI is InChI=1S/C35H41FN2O6/c1-20-13-23(36)14-21(2)32(20)44-29-12-7-22(34(3,4)42)15-27(29)28-19-38(6)31(40)16-30(28)43-26-10-8-24(9-11-26)37-33(41)35(5)17-25(39)18-35/h7,12-16,19,24,26,42H,8-11,17-18H2,1-6H3,(H,37,41). The van der Waals surface area contributed by atoms with Gasteiger partial charge in [-0.3, -0.25) is 14.4 Å². The maximum Gasteiger partial charge on any atom is 0.254 e. The molecule has 1 heterocycles. The SMILES string of the molecule is Cc1cc(F)cc(C)c1Oc1ccc(C(C)(C)O)cc1-c1cn(C)c(=O)cc1OC1CCC(NC(=O)C2(C)CC(=O)C2)CC1. The quantitative estimate of drug-likeness (QED) is 0.327. The molecule has 2 aromatic carbocycles. The maximum absolute atomic E-state index is 14.0. The fraction of sp³-hybridized carbons (Fsp3) is 0.457. The molecule has 1 aromatic heterocycles. The molecule has 44 heavy (non-hydrogen) atoms. The van der Waals surface area contributed by atoms with Crippen LogP contribution in [0.15, 0.2) is 47.4 Å². The number of halogens is 1. The molecule has 3 aromatic rings. The lowest BCUT2D eigenvalue weighted by Crippen LogP contribution is -2.51. The van der Waals surface area contributed by atoms with Crippen LogP contribution in [0.2, 0.25) is 0 Å². The second-order valence-electron chi connectivity index (χ2n) is 13.3. The first-order chi connectivity index (χ1) is 20.6. The number of hydrogen-bond donors (Lipinski definition) is 2. The molecular weight excluding hydrogens is 563 g/mol. The molecule has 2 fully saturated rings. The van der Waals surface area contributed by atoms with E-state index in [-0.39, 0.29) is 35.2 Å². The number of rotatable bonds is 8. The zero-order chi connectivity index (χ0) is 32.0. The van der Waals surface area contributed by atoms with Crippen LogP contribution < -0.4 is 20.3 Å². The van der Waals surface area contributed by atoms with Gasteiger partial charge >= 0.3 is 0 Å². The van der Waals surface area contributed by atoms with E-state index < -0.39 is 11.0 Å². The van der Waals surface area contributed by atoms with Crippen LogP contribution in [0.1, 0.15) is 76.0 Å². The van der Waals surface area contributed by atoms with E-state index in [2.05, 4.69) is 5.32 Å². The molecule has 2 N–H and O–H groups in total. The highest BCUT2D eigenvalue weighted by molar-refractivity contribution is 5.99. The van der Waals surface area contributed by atoms with Gasteiger partial charge < -0.3 is 24.5 Å². The summed E-state index contributed by atoms with van der Waals surface area (Å²) in [5.74, 6) is 1.09. The van der Waals surface area contributed by atoms with Crippen molar-refractivity contribution in [1.82, 2.24) is 9.88 Å². The molecule has 2 saturated carbocycles. The van der Waals surface area contributed by atoms with Gasteiger partial charge in [-0.2, -0.15) is 0 Å². The minimum Gasteiger partial charge on any atom is -0.490 e. The average Bonchev–Trinajstić information content (AvgIpc) is 2.92. The van der Waals surface area contributed by atoms with E-state index in [1.807, 2.05) is 13.0 Å². The van der Waals surface area contributed by atoms with Gasteiger partial charge in [-0.15, -0.1) is 0 Å². The predicted octanol–water partition coefficient (Wildman–Crippen LogP) is 6.00. The number of nitrogens with zero attached hydrogens (tertiary/aromatic N) is 1. The summed E-state index contributed by atoms with van der Waals surface area (Å²) in [6, 6.07) is 9.68. The number of carbonyl (C=O) groups is 2. The van der Waals surface area contributed by atoms with Gasteiger partial charge in [0.05, 0.1) is 17.1 Å². The normalized spacial score (nSPS) is 19.7. The van der Waals surface area contributed by atoms with Crippen molar-refractivity contribution in [2.45, 2.75) is 90.9 Å². The number of ether oxygens (including phenoxy) is 2. The zero-order valence-corrected chi connectivity index (χ0v) is 26.3. The summed E-state index contributed by atoms with van der Waals surface area (Å²) in [7, 11) is 1.66. The van der Waals surface area contributed by atoms with E-state index in [9.17, 15) is 23.9 Å². The third kappa shape index (κ3) is 6.58. The van der Waals surface area contributed by atoms with Crippen molar-refractivity contribution in [2.75, 3.05) is 0 Å². The van der Waals surface area contributed by atoms with Crippen LogP contribution >= 0.6 is 0 Å². The summed E-state index contributed by atoms with van der Waals surface area (Å²) in [4.78, 5) is 37.0. The molecule has 5 rings (SSSR count). The Kier molecular flexibility index (Phi) is 8.46. The average molecular weight is 605 g/mol.